The monoisotopic (exact) mass is 500 g/mol. The van der Waals surface area contributed by atoms with Crippen molar-refractivity contribution in [3.05, 3.63) is 92.7 Å². The summed E-state index contributed by atoms with van der Waals surface area (Å²) in [6, 6.07) is 14.4. The van der Waals surface area contributed by atoms with Crippen molar-refractivity contribution in [3.8, 4) is 0 Å². The lowest BCUT2D eigenvalue weighted by Gasteiger charge is -2.10. The highest BCUT2D eigenvalue weighted by Gasteiger charge is 2.19. The minimum absolute atomic E-state index is 0.117. The molecule has 0 aromatic heterocycles. The van der Waals surface area contributed by atoms with Gasteiger partial charge in [0.2, 0.25) is 10.0 Å². The molecule has 162 valence electrons. The summed E-state index contributed by atoms with van der Waals surface area (Å²) in [5.74, 6) is -1.69. The second kappa shape index (κ2) is 9.97. The van der Waals surface area contributed by atoms with Crippen molar-refractivity contribution in [1.82, 2.24) is 4.72 Å². The highest BCUT2D eigenvalue weighted by atomic mass is 35.5. The third-order valence-electron chi connectivity index (χ3n) is 4.29. The van der Waals surface area contributed by atoms with Gasteiger partial charge in [-0.1, -0.05) is 46.9 Å². The lowest BCUT2D eigenvalue weighted by atomic mass is 10.2. The Labute approximate surface area is 194 Å². The van der Waals surface area contributed by atoms with Gasteiger partial charge in [0.05, 0.1) is 20.5 Å². The Morgan fingerprint density at radius 3 is 2.29 bits per heavy atom. The summed E-state index contributed by atoms with van der Waals surface area (Å²) in [5, 5.41) is 3.56. The van der Waals surface area contributed by atoms with Gasteiger partial charge >= 0.3 is 0 Å². The molecule has 0 fully saturated rings. The van der Waals surface area contributed by atoms with Gasteiger partial charge in [-0.15, -0.1) is 0 Å². The lowest BCUT2D eigenvalue weighted by Crippen LogP contribution is -2.26. The molecule has 10 heteroatoms. The molecule has 3 rings (SSSR count). The Morgan fingerprint density at radius 2 is 1.61 bits per heavy atom. The Kier molecular flexibility index (Phi) is 7.56. The Bertz CT molecular complexity index is 1220. The molecule has 0 aliphatic heterocycles. The third-order valence-corrected chi connectivity index (χ3v) is 6.74. The van der Waals surface area contributed by atoms with Crippen LogP contribution >= 0.6 is 34.8 Å². The van der Waals surface area contributed by atoms with E-state index in [1.165, 1.54) is 18.2 Å². The number of nitrogens with one attached hydrogen (secondary N) is 2. The number of hydrogen-bond donors (Lipinski definition) is 2. The molecule has 2 N–H and O–H groups in total. The number of amides is 1. The molecule has 0 atom stereocenters. The van der Waals surface area contributed by atoms with Crippen LogP contribution in [0.1, 0.15) is 15.9 Å². The summed E-state index contributed by atoms with van der Waals surface area (Å²) < 4.78 is 41.8. The standard InChI is InChI=1S/C21H16Cl3FN2O3S/c22-14-3-1-13(2-4-14)9-10-26-31(29,30)16-6-8-20(25)17(12-16)21(28)27-15-5-7-18(23)19(24)11-15/h1-8,11-12,26H,9-10H2,(H,27,28). The largest absolute Gasteiger partial charge is 0.322 e. The summed E-state index contributed by atoms with van der Waals surface area (Å²) in [4.78, 5) is 12.3. The number of anilines is 1. The first-order valence-corrected chi connectivity index (χ1v) is 11.6. The minimum Gasteiger partial charge on any atom is -0.322 e. The molecule has 0 aliphatic rings. The van der Waals surface area contributed by atoms with Crippen molar-refractivity contribution >= 4 is 56.4 Å². The predicted molar refractivity (Wildman–Crippen MR) is 121 cm³/mol. The quantitative estimate of drug-likeness (QED) is 0.445. The van der Waals surface area contributed by atoms with Crippen LogP contribution in [-0.2, 0) is 16.4 Å². The van der Waals surface area contributed by atoms with Gasteiger partial charge in [0.1, 0.15) is 5.82 Å². The van der Waals surface area contributed by atoms with Gasteiger partial charge in [0, 0.05) is 17.3 Å². The van der Waals surface area contributed by atoms with Crippen LogP contribution in [0.25, 0.3) is 0 Å². The SMILES string of the molecule is O=C(Nc1ccc(Cl)c(Cl)c1)c1cc(S(=O)(=O)NCCc2ccc(Cl)cc2)ccc1F. The van der Waals surface area contributed by atoms with Crippen LogP contribution in [0.3, 0.4) is 0 Å². The molecule has 5 nitrogen and oxygen atoms in total. The van der Waals surface area contributed by atoms with Gasteiger partial charge in [-0.2, -0.15) is 0 Å². The lowest BCUT2D eigenvalue weighted by molar-refractivity contribution is 0.102. The molecule has 31 heavy (non-hydrogen) atoms. The predicted octanol–water partition coefficient (Wildman–Crippen LogP) is 5.56. The fourth-order valence-corrected chi connectivity index (χ4v) is 4.16. The fraction of sp³-hybridized carbons (Fsp3) is 0.0952. The molecular weight excluding hydrogens is 486 g/mol. The first-order valence-electron chi connectivity index (χ1n) is 8.96. The number of carbonyl (C=O) groups is 1. The first kappa shape index (κ1) is 23.5. The fourth-order valence-electron chi connectivity index (χ4n) is 2.68. The van der Waals surface area contributed by atoms with Gasteiger partial charge in [0.15, 0.2) is 0 Å². The molecule has 3 aromatic carbocycles. The van der Waals surface area contributed by atoms with E-state index in [2.05, 4.69) is 10.0 Å². The Balaban J connectivity index is 1.72. The molecular formula is C21H16Cl3FN2O3S. The maximum Gasteiger partial charge on any atom is 0.258 e. The maximum atomic E-state index is 14.2. The summed E-state index contributed by atoms with van der Waals surface area (Å²) in [6.45, 7) is 0.117. The Morgan fingerprint density at radius 1 is 0.903 bits per heavy atom. The highest BCUT2D eigenvalue weighted by molar-refractivity contribution is 7.89. The maximum absolute atomic E-state index is 14.2. The van der Waals surface area contributed by atoms with Crippen molar-refractivity contribution in [1.29, 1.82) is 0 Å². The zero-order chi connectivity index (χ0) is 22.6. The van der Waals surface area contributed by atoms with Gasteiger partial charge in [-0.25, -0.2) is 17.5 Å². The molecule has 0 aliphatic carbocycles. The number of sulfonamides is 1. The topological polar surface area (TPSA) is 75.3 Å². The van der Waals surface area contributed by atoms with Crippen LogP contribution in [-0.4, -0.2) is 20.9 Å². The summed E-state index contributed by atoms with van der Waals surface area (Å²) >= 11 is 17.6. The van der Waals surface area contributed by atoms with E-state index in [0.29, 0.717) is 16.5 Å². The highest BCUT2D eigenvalue weighted by Crippen LogP contribution is 2.25. The van der Waals surface area contributed by atoms with Crippen molar-refractivity contribution in [2.45, 2.75) is 11.3 Å². The zero-order valence-corrected chi connectivity index (χ0v) is 18.9. The zero-order valence-electron chi connectivity index (χ0n) is 15.8. The molecule has 0 heterocycles. The van der Waals surface area contributed by atoms with Gasteiger partial charge in [-0.05, 0) is 60.5 Å². The number of halogens is 4. The van der Waals surface area contributed by atoms with Crippen molar-refractivity contribution in [2.75, 3.05) is 11.9 Å². The van der Waals surface area contributed by atoms with E-state index in [9.17, 15) is 17.6 Å². The van der Waals surface area contributed by atoms with Crippen LogP contribution in [0.15, 0.2) is 65.6 Å². The summed E-state index contributed by atoms with van der Waals surface area (Å²) in [6.07, 6.45) is 0.433. The number of benzene rings is 3. The first-order chi connectivity index (χ1) is 14.7. The normalized spacial score (nSPS) is 11.4. The molecule has 0 bridgehead atoms. The van der Waals surface area contributed by atoms with E-state index in [1.807, 2.05) is 0 Å². The van der Waals surface area contributed by atoms with Crippen molar-refractivity contribution < 1.29 is 17.6 Å². The second-order valence-corrected chi connectivity index (χ2v) is 9.52. The van der Waals surface area contributed by atoms with E-state index in [4.69, 9.17) is 34.8 Å². The summed E-state index contributed by atoms with van der Waals surface area (Å²) in [7, 11) is -3.96. The van der Waals surface area contributed by atoms with Crippen LogP contribution in [0.2, 0.25) is 15.1 Å². The van der Waals surface area contributed by atoms with E-state index >= 15 is 0 Å². The van der Waals surface area contributed by atoms with Gasteiger partial charge in [0.25, 0.3) is 5.91 Å². The van der Waals surface area contributed by atoms with Crippen LogP contribution < -0.4 is 10.0 Å². The molecule has 1 amide bonds. The average molecular weight is 502 g/mol. The molecule has 0 saturated carbocycles. The van der Waals surface area contributed by atoms with Crippen LogP contribution in [0.4, 0.5) is 10.1 Å². The summed E-state index contributed by atoms with van der Waals surface area (Å²) in [5.41, 5.74) is 0.757. The second-order valence-electron chi connectivity index (χ2n) is 6.50. The molecule has 0 radical (unpaired) electrons. The molecule has 0 spiro atoms. The van der Waals surface area contributed by atoms with Gasteiger partial charge in [-0.3, -0.25) is 4.79 Å². The van der Waals surface area contributed by atoms with E-state index < -0.39 is 27.3 Å². The molecule has 3 aromatic rings. The van der Waals surface area contributed by atoms with E-state index in [1.54, 1.807) is 24.3 Å². The van der Waals surface area contributed by atoms with Crippen molar-refractivity contribution in [2.24, 2.45) is 0 Å². The van der Waals surface area contributed by atoms with E-state index in [0.717, 1.165) is 23.8 Å². The number of rotatable bonds is 7. The number of carbonyl (C=O) groups excluding carboxylic acids is 1. The Hall–Kier alpha value is -2.16. The number of hydrogen-bond acceptors (Lipinski definition) is 3. The van der Waals surface area contributed by atoms with Gasteiger partial charge < -0.3 is 5.32 Å². The van der Waals surface area contributed by atoms with Crippen LogP contribution in [0, 0.1) is 5.82 Å². The molecule has 0 unspecified atom stereocenters. The minimum atomic E-state index is -3.96. The smallest absolute Gasteiger partial charge is 0.258 e. The van der Waals surface area contributed by atoms with Crippen LogP contribution in [0.5, 0.6) is 0 Å². The average Bonchev–Trinajstić information content (AvgIpc) is 2.72. The molecule has 0 saturated heterocycles. The van der Waals surface area contributed by atoms with Crippen molar-refractivity contribution in [3.63, 3.8) is 0 Å². The van der Waals surface area contributed by atoms with E-state index in [-0.39, 0.29) is 22.2 Å². The third kappa shape index (κ3) is 6.18.